The largest absolute Gasteiger partial charge is 0.340 e. The second-order valence-corrected chi connectivity index (χ2v) is 7.56. The van der Waals surface area contributed by atoms with Crippen LogP contribution in [0.3, 0.4) is 0 Å². The zero-order valence-electron chi connectivity index (χ0n) is 14.2. The number of hydrogen-bond acceptors (Lipinski definition) is 5. The lowest BCUT2D eigenvalue weighted by molar-refractivity contribution is -0.129. The average molecular weight is 345 g/mol. The molecule has 7 heteroatoms. The SMILES string of the molecule is Cc1cc(C)n([C@H]2CCN(C(=O)CC3=CSC4=NCCCN34)C2)n1. The van der Waals surface area contributed by atoms with E-state index >= 15 is 0 Å². The molecule has 4 heterocycles. The van der Waals surface area contributed by atoms with E-state index < -0.39 is 0 Å². The summed E-state index contributed by atoms with van der Waals surface area (Å²) in [7, 11) is 0. The van der Waals surface area contributed by atoms with Gasteiger partial charge in [-0.15, -0.1) is 0 Å². The number of rotatable bonds is 3. The quantitative estimate of drug-likeness (QED) is 0.844. The molecule has 24 heavy (non-hydrogen) atoms. The molecule has 0 radical (unpaired) electrons. The summed E-state index contributed by atoms with van der Waals surface area (Å²) >= 11 is 1.65. The predicted octanol–water partition coefficient (Wildman–Crippen LogP) is 2.31. The molecule has 1 aromatic rings. The molecule has 0 aliphatic carbocycles. The van der Waals surface area contributed by atoms with Crippen molar-refractivity contribution in [3.05, 3.63) is 28.6 Å². The number of amidine groups is 1. The van der Waals surface area contributed by atoms with Crippen molar-refractivity contribution >= 4 is 22.8 Å². The van der Waals surface area contributed by atoms with Gasteiger partial charge in [-0.1, -0.05) is 11.8 Å². The Labute approximate surface area is 146 Å². The Morgan fingerprint density at radius 3 is 3.04 bits per heavy atom. The summed E-state index contributed by atoms with van der Waals surface area (Å²) in [5.74, 6) is 0.220. The smallest absolute Gasteiger partial charge is 0.228 e. The Balaban J connectivity index is 1.39. The third kappa shape index (κ3) is 2.85. The van der Waals surface area contributed by atoms with E-state index in [2.05, 4.69) is 38.1 Å². The molecule has 0 saturated carbocycles. The second-order valence-electron chi connectivity index (χ2n) is 6.73. The Morgan fingerprint density at radius 1 is 1.38 bits per heavy atom. The molecule has 0 unspecified atom stereocenters. The summed E-state index contributed by atoms with van der Waals surface area (Å²) < 4.78 is 2.09. The summed E-state index contributed by atoms with van der Waals surface area (Å²) in [6, 6.07) is 2.41. The van der Waals surface area contributed by atoms with Crippen LogP contribution in [0.2, 0.25) is 0 Å². The van der Waals surface area contributed by atoms with E-state index in [1.54, 1.807) is 11.8 Å². The van der Waals surface area contributed by atoms with Gasteiger partial charge in [-0.2, -0.15) is 5.10 Å². The lowest BCUT2D eigenvalue weighted by atomic mass is 10.2. The van der Waals surface area contributed by atoms with Crippen molar-refractivity contribution in [2.75, 3.05) is 26.2 Å². The van der Waals surface area contributed by atoms with Crippen LogP contribution < -0.4 is 0 Å². The van der Waals surface area contributed by atoms with Gasteiger partial charge in [0, 0.05) is 37.6 Å². The van der Waals surface area contributed by atoms with Gasteiger partial charge in [-0.3, -0.25) is 14.5 Å². The van der Waals surface area contributed by atoms with E-state index in [0.717, 1.165) is 55.6 Å². The molecular weight excluding hydrogens is 322 g/mol. The third-order valence-corrected chi connectivity index (χ3v) is 5.85. The highest BCUT2D eigenvalue weighted by Crippen LogP contribution is 2.32. The van der Waals surface area contributed by atoms with E-state index in [-0.39, 0.29) is 5.91 Å². The maximum absolute atomic E-state index is 12.7. The van der Waals surface area contributed by atoms with E-state index in [0.29, 0.717) is 12.5 Å². The molecular formula is C17H23N5OS. The highest BCUT2D eigenvalue weighted by atomic mass is 32.2. The molecule has 6 nitrogen and oxygen atoms in total. The van der Waals surface area contributed by atoms with Crippen LogP contribution in [-0.2, 0) is 4.79 Å². The van der Waals surface area contributed by atoms with Crippen molar-refractivity contribution in [3.8, 4) is 0 Å². The first-order valence-corrected chi connectivity index (χ1v) is 9.48. The minimum atomic E-state index is 0.220. The van der Waals surface area contributed by atoms with Gasteiger partial charge in [0.15, 0.2) is 5.17 Å². The van der Waals surface area contributed by atoms with Gasteiger partial charge in [0.1, 0.15) is 0 Å². The van der Waals surface area contributed by atoms with Gasteiger partial charge in [0.25, 0.3) is 0 Å². The number of carbonyl (C=O) groups is 1. The van der Waals surface area contributed by atoms with Gasteiger partial charge in [-0.05, 0) is 38.2 Å². The van der Waals surface area contributed by atoms with Gasteiger partial charge in [0.05, 0.1) is 18.2 Å². The maximum Gasteiger partial charge on any atom is 0.228 e. The number of amides is 1. The first kappa shape index (κ1) is 15.7. The molecule has 0 spiro atoms. The van der Waals surface area contributed by atoms with E-state index in [4.69, 9.17) is 0 Å². The van der Waals surface area contributed by atoms with Crippen molar-refractivity contribution in [3.63, 3.8) is 0 Å². The van der Waals surface area contributed by atoms with E-state index in [1.807, 2.05) is 11.8 Å². The molecule has 1 aromatic heterocycles. The standard InChI is InChI=1S/C17H23N5OS/c1-12-8-13(2)22(19-12)14-4-7-20(10-14)16(23)9-15-11-24-17-18-5-3-6-21(15)17/h8,11,14H,3-7,9-10H2,1-2H3/t14-/m0/s1. The molecule has 0 bridgehead atoms. The van der Waals surface area contributed by atoms with Crippen LogP contribution in [0.4, 0.5) is 0 Å². The number of hydrogen-bond donors (Lipinski definition) is 0. The van der Waals surface area contributed by atoms with Crippen LogP contribution in [0.25, 0.3) is 0 Å². The van der Waals surface area contributed by atoms with Crippen molar-refractivity contribution < 1.29 is 4.79 Å². The van der Waals surface area contributed by atoms with Crippen molar-refractivity contribution in [2.45, 2.75) is 39.2 Å². The summed E-state index contributed by atoms with van der Waals surface area (Å²) in [6.07, 6.45) is 2.53. The zero-order chi connectivity index (χ0) is 16.7. The van der Waals surface area contributed by atoms with Crippen LogP contribution in [0.1, 0.15) is 36.7 Å². The number of aromatic nitrogens is 2. The highest BCUT2D eigenvalue weighted by Gasteiger charge is 2.32. The summed E-state index contributed by atoms with van der Waals surface area (Å²) in [5, 5.41) is 7.74. The zero-order valence-corrected chi connectivity index (χ0v) is 15.1. The normalized spacial score (nSPS) is 23.3. The molecule has 4 rings (SSSR count). The highest BCUT2D eigenvalue weighted by molar-refractivity contribution is 8.16. The molecule has 0 aromatic carbocycles. The minimum Gasteiger partial charge on any atom is -0.340 e. The predicted molar refractivity (Wildman–Crippen MR) is 95.9 cm³/mol. The van der Waals surface area contributed by atoms with Gasteiger partial charge in [-0.25, -0.2) is 0 Å². The molecule has 3 aliphatic heterocycles. The summed E-state index contributed by atoms with van der Waals surface area (Å²) in [5.41, 5.74) is 3.33. The maximum atomic E-state index is 12.7. The first-order chi connectivity index (χ1) is 11.6. The molecule has 1 amide bonds. The Kier molecular flexibility index (Phi) is 4.12. The number of carbonyl (C=O) groups excluding carboxylic acids is 1. The fourth-order valence-electron chi connectivity index (χ4n) is 3.72. The number of aryl methyl sites for hydroxylation is 2. The lowest BCUT2D eigenvalue weighted by Gasteiger charge is -2.26. The number of fused-ring (bicyclic) bond motifs is 1. The van der Waals surface area contributed by atoms with Gasteiger partial charge < -0.3 is 9.80 Å². The van der Waals surface area contributed by atoms with Crippen molar-refractivity contribution in [1.29, 1.82) is 0 Å². The topological polar surface area (TPSA) is 53.7 Å². The number of likely N-dealkylation sites (tertiary alicyclic amines) is 1. The Bertz CT molecular complexity index is 723. The molecule has 1 saturated heterocycles. The number of nitrogens with zero attached hydrogens (tertiary/aromatic N) is 5. The van der Waals surface area contributed by atoms with Gasteiger partial charge >= 0.3 is 0 Å². The van der Waals surface area contributed by atoms with Crippen molar-refractivity contribution in [2.24, 2.45) is 4.99 Å². The van der Waals surface area contributed by atoms with Crippen LogP contribution in [0.5, 0.6) is 0 Å². The monoisotopic (exact) mass is 345 g/mol. The Hall–Kier alpha value is -1.76. The van der Waals surface area contributed by atoms with E-state index in [1.165, 1.54) is 5.69 Å². The van der Waals surface area contributed by atoms with Crippen LogP contribution in [-0.4, -0.2) is 56.8 Å². The molecule has 1 fully saturated rings. The molecule has 1 atom stereocenters. The molecule has 3 aliphatic rings. The third-order valence-electron chi connectivity index (χ3n) is 4.90. The average Bonchev–Trinajstić information content (AvgIpc) is 3.26. The van der Waals surface area contributed by atoms with Crippen LogP contribution in [0, 0.1) is 13.8 Å². The lowest BCUT2D eigenvalue weighted by Crippen LogP contribution is -2.34. The summed E-state index contributed by atoms with van der Waals surface area (Å²) in [4.78, 5) is 21.5. The van der Waals surface area contributed by atoms with Crippen molar-refractivity contribution in [1.82, 2.24) is 19.6 Å². The van der Waals surface area contributed by atoms with Crippen LogP contribution >= 0.6 is 11.8 Å². The molecule has 0 N–H and O–H groups in total. The Morgan fingerprint density at radius 2 is 2.25 bits per heavy atom. The fourth-order valence-corrected chi connectivity index (χ4v) is 4.68. The fraction of sp³-hybridized carbons (Fsp3) is 0.588. The number of aliphatic imine (C=N–C) groups is 1. The van der Waals surface area contributed by atoms with E-state index in [9.17, 15) is 4.79 Å². The minimum absolute atomic E-state index is 0.220. The first-order valence-electron chi connectivity index (χ1n) is 8.60. The van der Waals surface area contributed by atoms with Crippen LogP contribution in [0.15, 0.2) is 22.2 Å². The summed E-state index contributed by atoms with van der Waals surface area (Å²) in [6.45, 7) is 7.58. The van der Waals surface area contributed by atoms with Gasteiger partial charge in [0.2, 0.25) is 5.91 Å². The number of thioether (sulfide) groups is 1. The second kappa shape index (κ2) is 6.27. The molecule has 128 valence electrons.